The Balaban J connectivity index is 0.000000461. The maximum atomic E-state index is 11.3. The van der Waals surface area contributed by atoms with Crippen molar-refractivity contribution in [3.8, 4) is 0 Å². The van der Waals surface area contributed by atoms with Crippen LogP contribution in [0.2, 0.25) is 0 Å². The fourth-order valence-electron chi connectivity index (χ4n) is 1.30. The molecule has 0 bridgehead atoms. The minimum atomic E-state index is -0.0174. The lowest BCUT2D eigenvalue weighted by Gasteiger charge is -1.96. The molecule has 1 N–H and O–H groups in total. The number of rotatable bonds is 0. The molecule has 14 heavy (non-hydrogen) atoms. The smallest absolute Gasteiger partial charge is 0.255 e. The standard InChI is InChI=1S/C10H9NO.C2H6/c1-7-2-3-8-4-5-11-10(12)9(8)6-7;1-2/h2-6H,1H3,(H,11,12);1-2H3. The van der Waals surface area contributed by atoms with Crippen molar-refractivity contribution < 1.29 is 0 Å². The third-order valence-electron chi connectivity index (χ3n) is 1.93. The van der Waals surface area contributed by atoms with Crippen LogP contribution in [0.25, 0.3) is 10.8 Å². The Hall–Kier alpha value is -1.57. The molecule has 2 heteroatoms. The maximum Gasteiger partial charge on any atom is 0.255 e. The van der Waals surface area contributed by atoms with Crippen LogP contribution in [0.4, 0.5) is 0 Å². The summed E-state index contributed by atoms with van der Waals surface area (Å²) in [5, 5.41) is 1.75. The average Bonchev–Trinajstić information content (AvgIpc) is 2.22. The third-order valence-corrected chi connectivity index (χ3v) is 1.93. The fraction of sp³-hybridized carbons (Fsp3) is 0.250. The van der Waals surface area contributed by atoms with E-state index in [1.807, 2.05) is 45.0 Å². The van der Waals surface area contributed by atoms with Crippen LogP contribution in [0.5, 0.6) is 0 Å². The predicted molar refractivity (Wildman–Crippen MR) is 60.7 cm³/mol. The average molecular weight is 189 g/mol. The zero-order chi connectivity index (χ0) is 10.6. The maximum absolute atomic E-state index is 11.3. The molecule has 0 spiro atoms. The van der Waals surface area contributed by atoms with Gasteiger partial charge in [0.1, 0.15) is 0 Å². The lowest BCUT2D eigenvalue weighted by atomic mass is 10.1. The van der Waals surface area contributed by atoms with Crippen LogP contribution in [0.1, 0.15) is 19.4 Å². The van der Waals surface area contributed by atoms with E-state index in [4.69, 9.17) is 0 Å². The Morgan fingerprint density at radius 2 is 1.86 bits per heavy atom. The highest BCUT2D eigenvalue weighted by molar-refractivity contribution is 5.81. The van der Waals surface area contributed by atoms with E-state index < -0.39 is 0 Å². The number of fused-ring (bicyclic) bond motifs is 1. The number of nitrogens with one attached hydrogen (secondary N) is 1. The van der Waals surface area contributed by atoms with E-state index in [1.165, 1.54) is 0 Å². The summed E-state index contributed by atoms with van der Waals surface area (Å²) < 4.78 is 0. The van der Waals surface area contributed by atoms with E-state index >= 15 is 0 Å². The highest BCUT2D eigenvalue weighted by Gasteiger charge is 1.95. The van der Waals surface area contributed by atoms with Crippen molar-refractivity contribution in [1.29, 1.82) is 0 Å². The van der Waals surface area contributed by atoms with E-state index in [-0.39, 0.29) is 5.56 Å². The van der Waals surface area contributed by atoms with Crippen molar-refractivity contribution in [1.82, 2.24) is 4.98 Å². The Kier molecular flexibility index (Phi) is 3.46. The first kappa shape index (κ1) is 10.5. The minimum absolute atomic E-state index is 0.0174. The number of pyridine rings is 1. The fourth-order valence-corrected chi connectivity index (χ4v) is 1.30. The Bertz CT molecular complexity index is 471. The van der Waals surface area contributed by atoms with E-state index in [0.717, 1.165) is 16.3 Å². The molecule has 0 aliphatic rings. The molecule has 1 aromatic heterocycles. The van der Waals surface area contributed by atoms with Gasteiger partial charge in [0, 0.05) is 11.6 Å². The van der Waals surface area contributed by atoms with E-state index in [1.54, 1.807) is 6.20 Å². The number of aromatic nitrogens is 1. The van der Waals surface area contributed by atoms with Gasteiger partial charge >= 0.3 is 0 Å². The van der Waals surface area contributed by atoms with Gasteiger partial charge in [0.15, 0.2) is 0 Å². The number of benzene rings is 1. The van der Waals surface area contributed by atoms with Gasteiger partial charge in [-0.15, -0.1) is 0 Å². The highest BCUT2D eigenvalue weighted by Crippen LogP contribution is 2.09. The lowest BCUT2D eigenvalue weighted by molar-refractivity contribution is 1.27. The summed E-state index contributed by atoms with van der Waals surface area (Å²) in [6.45, 7) is 5.98. The molecule has 2 nitrogen and oxygen atoms in total. The first-order valence-corrected chi connectivity index (χ1v) is 4.85. The zero-order valence-corrected chi connectivity index (χ0v) is 8.79. The molecule has 0 atom stereocenters. The topological polar surface area (TPSA) is 32.9 Å². The van der Waals surface area contributed by atoms with Gasteiger partial charge < -0.3 is 4.98 Å². The van der Waals surface area contributed by atoms with Crippen molar-refractivity contribution >= 4 is 10.8 Å². The van der Waals surface area contributed by atoms with Crippen LogP contribution < -0.4 is 5.56 Å². The second-order valence-corrected chi connectivity index (χ2v) is 2.90. The molecule has 0 fully saturated rings. The number of aromatic amines is 1. The van der Waals surface area contributed by atoms with Gasteiger partial charge in [-0.1, -0.05) is 31.5 Å². The first-order valence-electron chi connectivity index (χ1n) is 4.85. The largest absolute Gasteiger partial charge is 0.329 e. The van der Waals surface area contributed by atoms with Crippen LogP contribution >= 0.6 is 0 Å². The van der Waals surface area contributed by atoms with Gasteiger partial charge in [-0.05, 0) is 24.4 Å². The van der Waals surface area contributed by atoms with Crippen molar-refractivity contribution in [2.75, 3.05) is 0 Å². The van der Waals surface area contributed by atoms with E-state index in [0.29, 0.717) is 0 Å². The molecule has 0 saturated heterocycles. The Morgan fingerprint density at radius 1 is 1.14 bits per heavy atom. The van der Waals surface area contributed by atoms with Crippen molar-refractivity contribution in [3.63, 3.8) is 0 Å². The molecular weight excluding hydrogens is 174 g/mol. The van der Waals surface area contributed by atoms with Gasteiger partial charge in [0.2, 0.25) is 0 Å². The van der Waals surface area contributed by atoms with Gasteiger partial charge in [-0.25, -0.2) is 0 Å². The van der Waals surface area contributed by atoms with Gasteiger partial charge in [-0.3, -0.25) is 4.79 Å². The quantitative estimate of drug-likeness (QED) is 0.679. The lowest BCUT2D eigenvalue weighted by Crippen LogP contribution is -2.03. The van der Waals surface area contributed by atoms with Crippen LogP contribution in [-0.2, 0) is 0 Å². The Labute approximate surface area is 83.6 Å². The van der Waals surface area contributed by atoms with Crippen LogP contribution in [0, 0.1) is 6.92 Å². The molecule has 1 heterocycles. The van der Waals surface area contributed by atoms with Gasteiger partial charge in [0.05, 0.1) is 0 Å². The van der Waals surface area contributed by atoms with E-state index in [9.17, 15) is 4.79 Å². The Morgan fingerprint density at radius 3 is 2.57 bits per heavy atom. The van der Waals surface area contributed by atoms with Crippen molar-refractivity contribution in [2.45, 2.75) is 20.8 Å². The molecule has 0 radical (unpaired) electrons. The van der Waals surface area contributed by atoms with Crippen molar-refractivity contribution in [3.05, 3.63) is 46.4 Å². The molecule has 0 aliphatic carbocycles. The molecule has 74 valence electrons. The molecule has 0 saturated carbocycles. The number of hydrogen-bond donors (Lipinski definition) is 1. The van der Waals surface area contributed by atoms with Crippen LogP contribution in [-0.4, -0.2) is 4.98 Å². The highest BCUT2D eigenvalue weighted by atomic mass is 16.1. The first-order chi connectivity index (χ1) is 6.77. The van der Waals surface area contributed by atoms with Crippen LogP contribution in [0.3, 0.4) is 0 Å². The number of H-pyrrole nitrogens is 1. The second kappa shape index (κ2) is 4.61. The van der Waals surface area contributed by atoms with Gasteiger partial charge in [-0.2, -0.15) is 0 Å². The van der Waals surface area contributed by atoms with Crippen molar-refractivity contribution in [2.24, 2.45) is 0 Å². The predicted octanol–water partition coefficient (Wildman–Crippen LogP) is 2.86. The molecule has 2 aromatic rings. The molecular formula is C12H15NO. The van der Waals surface area contributed by atoms with Crippen LogP contribution in [0.15, 0.2) is 35.3 Å². The number of aryl methyl sites for hydroxylation is 1. The summed E-state index contributed by atoms with van der Waals surface area (Å²) in [6.07, 6.45) is 1.67. The normalized spacial score (nSPS) is 9.36. The summed E-state index contributed by atoms with van der Waals surface area (Å²) in [6, 6.07) is 7.76. The second-order valence-electron chi connectivity index (χ2n) is 2.90. The number of hydrogen-bond acceptors (Lipinski definition) is 1. The monoisotopic (exact) mass is 189 g/mol. The molecule has 0 amide bonds. The molecule has 1 aromatic carbocycles. The minimum Gasteiger partial charge on any atom is -0.329 e. The summed E-state index contributed by atoms with van der Waals surface area (Å²) in [5.74, 6) is 0. The summed E-state index contributed by atoms with van der Waals surface area (Å²) >= 11 is 0. The third kappa shape index (κ3) is 2.02. The summed E-state index contributed by atoms with van der Waals surface area (Å²) in [5.41, 5.74) is 1.09. The SMILES string of the molecule is CC.Cc1ccc2cc[nH]c(=O)c2c1. The molecule has 2 rings (SSSR count). The summed E-state index contributed by atoms with van der Waals surface area (Å²) in [4.78, 5) is 13.9. The summed E-state index contributed by atoms with van der Waals surface area (Å²) in [7, 11) is 0. The molecule has 0 unspecified atom stereocenters. The van der Waals surface area contributed by atoms with Gasteiger partial charge in [0.25, 0.3) is 5.56 Å². The zero-order valence-electron chi connectivity index (χ0n) is 8.79. The van der Waals surface area contributed by atoms with E-state index in [2.05, 4.69) is 4.98 Å². The molecule has 0 aliphatic heterocycles.